The minimum absolute atomic E-state index is 0.0224. The Morgan fingerprint density at radius 3 is 1.54 bits per heavy atom. The molecule has 2 atom stereocenters. The first-order chi connectivity index (χ1) is 22.4. The smallest absolute Gasteiger partial charge is 0.306 e. The van der Waals surface area contributed by atoms with Crippen molar-refractivity contribution in [1.29, 1.82) is 0 Å². The van der Waals surface area contributed by atoms with Gasteiger partial charge in [-0.15, -0.1) is 0 Å². The van der Waals surface area contributed by atoms with E-state index in [1.807, 2.05) is 6.08 Å². The van der Waals surface area contributed by atoms with Gasteiger partial charge in [0.1, 0.15) is 13.2 Å². The van der Waals surface area contributed by atoms with E-state index in [-0.39, 0.29) is 25.8 Å². The van der Waals surface area contributed by atoms with Crippen molar-refractivity contribution in [2.75, 3.05) is 26.4 Å². The molecule has 0 aliphatic carbocycles. The molecular weight excluding hydrogens is 601 g/mol. The molecule has 0 aromatic rings. The SMILES string of the molecule is CCCCCCCCCCCCCC/C=C\OC[C@H](COP(=O)([O-])OCC[NH3+])OC(=O)CCCCCCCCCCCCCCC. The summed E-state index contributed by atoms with van der Waals surface area (Å²) in [6, 6.07) is 0. The molecule has 0 saturated heterocycles. The molecule has 9 heteroatoms. The average molecular weight is 676 g/mol. The molecule has 0 aliphatic heterocycles. The highest BCUT2D eigenvalue weighted by atomic mass is 31.2. The third-order valence-electron chi connectivity index (χ3n) is 8.29. The first-order valence-electron chi connectivity index (χ1n) is 19.3. The number of rotatable bonds is 37. The van der Waals surface area contributed by atoms with Crippen LogP contribution in [0.1, 0.15) is 187 Å². The molecule has 0 aromatic heterocycles. The van der Waals surface area contributed by atoms with Gasteiger partial charge in [0.25, 0.3) is 7.82 Å². The summed E-state index contributed by atoms with van der Waals surface area (Å²) in [6.07, 6.45) is 35.9. The highest BCUT2D eigenvalue weighted by Gasteiger charge is 2.19. The number of hydrogen-bond donors (Lipinski definition) is 1. The van der Waals surface area contributed by atoms with Crippen LogP contribution in [0.15, 0.2) is 12.3 Å². The Labute approximate surface area is 283 Å². The van der Waals surface area contributed by atoms with Gasteiger partial charge in [-0.1, -0.05) is 162 Å². The number of quaternary nitrogens is 1. The number of phosphoric ester groups is 1. The molecule has 0 aliphatic rings. The summed E-state index contributed by atoms with van der Waals surface area (Å²) >= 11 is 0. The van der Waals surface area contributed by atoms with Crippen LogP contribution in [0.25, 0.3) is 0 Å². The number of phosphoric acid groups is 1. The molecule has 0 rings (SSSR count). The van der Waals surface area contributed by atoms with Crippen LogP contribution in [-0.2, 0) is 27.9 Å². The predicted molar refractivity (Wildman–Crippen MR) is 188 cm³/mol. The summed E-state index contributed by atoms with van der Waals surface area (Å²) in [5.74, 6) is -0.361. The van der Waals surface area contributed by atoms with Crippen LogP contribution in [0.3, 0.4) is 0 Å². The molecule has 0 bridgehead atoms. The van der Waals surface area contributed by atoms with Crippen molar-refractivity contribution >= 4 is 13.8 Å². The fourth-order valence-corrected chi connectivity index (χ4v) is 6.21. The van der Waals surface area contributed by atoms with Crippen molar-refractivity contribution in [2.24, 2.45) is 0 Å². The second kappa shape index (κ2) is 35.4. The quantitative estimate of drug-likeness (QED) is 0.0301. The molecule has 0 aromatic carbocycles. The zero-order chi connectivity index (χ0) is 33.8. The Bertz CT molecular complexity index is 722. The molecule has 3 N–H and O–H groups in total. The lowest BCUT2D eigenvalue weighted by Gasteiger charge is -2.25. The van der Waals surface area contributed by atoms with Crippen LogP contribution in [0, 0.1) is 0 Å². The summed E-state index contributed by atoms with van der Waals surface area (Å²) in [7, 11) is -4.49. The van der Waals surface area contributed by atoms with Gasteiger partial charge in [-0.25, -0.2) is 0 Å². The highest BCUT2D eigenvalue weighted by Crippen LogP contribution is 2.38. The fraction of sp³-hybridized carbons (Fsp3) is 0.919. The largest absolute Gasteiger partial charge is 0.756 e. The summed E-state index contributed by atoms with van der Waals surface area (Å²) < 4.78 is 32.8. The van der Waals surface area contributed by atoms with Crippen LogP contribution in [0.2, 0.25) is 0 Å². The molecule has 274 valence electrons. The maximum atomic E-state index is 12.5. The van der Waals surface area contributed by atoms with Crippen LogP contribution in [-0.4, -0.2) is 38.4 Å². The van der Waals surface area contributed by atoms with Crippen LogP contribution in [0.4, 0.5) is 0 Å². The summed E-state index contributed by atoms with van der Waals surface area (Å²) in [4.78, 5) is 24.5. The van der Waals surface area contributed by atoms with E-state index in [0.717, 1.165) is 32.1 Å². The minimum Gasteiger partial charge on any atom is -0.756 e. The third-order valence-corrected chi connectivity index (χ3v) is 9.26. The van der Waals surface area contributed by atoms with Crippen molar-refractivity contribution in [3.63, 3.8) is 0 Å². The molecule has 0 heterocycles. The topological polar surface area (TPSA) is 122 Å². The van der Waals surface area contributed by atoms with Gasteiger partial charge in [0, 0.05) is 6.42 Å². The number of carbonyl (C=O) groups is 1. The standard InChI is InChI=1S/C37H74NO7P/c1-3-5-7-9-11-13-15-17-19-21-23-25-27-29-32-42-34-36(35-44-46(40,41)43-33-31-38)45-37(39)30-28-26-24-22-20-18-16-14-12-10-8-6-4-2/h29,32,36H,3-28,30-31,33-35,38H2,1-2H3,(H,40,41)/b32-29-/t36-/m1/s1. The molecule has 0 fully saturated rings. The molecular formula is C37H74NO7P. The van der Waals surface area contributed by atoms with Gasteiger partial charge in [0.2, 0.25) is 0 Å². The van der Waals surface area contributed by atoms with Gasteiger partial charge in [0.05, 0.1) is 19.4 Å². The average Bonchev–Trinajstić information content (AvgIpc) is 3.04. The number of esters is 1. The Morgan fingerprint density at radius 2 is 1.09 bits per heavy atom. The number of unbranched alkanes of at least 4 members (excludes halogenated alkanes) is 24. The Kier molecular flexibility index (Phi) is 34.7. The lowest BCUT2D eigenvalue weighted by atomic mass is 10.0. The third kappa shape index (κ3) is 34.4. The van der Waals surface area contributed by atoms with Gasteiger partial charge >= 0.3 is 5.97 Å². The number of allylic oxidation sites excluding steroid dienone is 1. The fourth-order valence-electron chi connectivity index (χ4n) is 5.44. The Morgan fingerprint density at radius 1 is 0.652 bits per heavy atom. The Balaban J connectivity index is 4.12. The van der Waals surface area contributed by atoms with Crippen LogP contribution < -0.4 is 10.6 Å². The zero-order valence-corrected chi connectivity index (χ0v) is 31.1. The maximum Gasteiger partial charge on any atom is 0.306 e. The second-order valence-corrected chi connectivity index (χ2v) is 14.3. The van der Waals surface area contributed by atoms with Crippen molar-refractivity contribution in [2.45, 2.75) is 193 Å². The second-order valence-electron chi connectivity index (χ2n) is 12.9. The molecule has 0 spiro atoms. The van der Waals surface area contributed by atoms with Crippen molar-refractivity contribution in [3.8, 4) is 0 Å². The minimum atomic E-state index is -4.49. The Hall–Kier alpha value is -0.920. The zero-order valence-electron chi connectivity index (χ0n) is 30.2. The van der Waals surface area contributed by atoms with Crippen molar-refractivity contribution < 1.29 is 38.5 Å². The maximum absolute atomic E-state index is 12.5. The lowest BCUT2D eigenvalue weighted by molar-refractivity contribution is -0.373. The van der Waals surface area contributed by atoms with E-state index in [4.69, 9.17) is 18.5 Å². The van der Waals surface area contributed by atoms with Gasteiger partial charge in [-0.2, -0.15) is 0 Å². The predicted octanol–water partition coefficient (Wildman–Crippen LogP) is 9.74. The van der Waals surface area contributed by atoms with Crippen LogP contribution in [0.5, 0.6) is 0 Å². The monoisotopic (exact) mass is 676 g/mol. The van der Waals surface area contributed by atoms with E-state index in [1.165, 1.54) is 135 Å². The van der Waals surface area contributed by atoms with Crippen molar-refractivity contribution in [3.05, 3.63) is 12.3 Å². The van der Waals surface area contributed by atoms with Gasteiger partial charge in [0.15, 0.2) is 6.10 Å². The van der Waals surface area contributed by atoms with E-state index in [0.29, 0.717) is 13.0 Å². The summed E-state index contributed by atoms with van der Waals surface area (Å²) in [6.45, 7) is 4.45. The first kappa shape index (κ1) is 45.1. The van der Waals surface area contributed by atoms with E-state index in [2.05, 4.69) is 19.6 Å². The van der Waals surface area contributed by atoms with E-state index in [1.54, 1.807) is 6.26 Å². The number of ether oxygens (including phenoxy) is 2. The summed E-state index contributed by atoms with van der Waals surface area (Å²) in [5, 5.41) is 0. The summed E-state index contributed by atoms with van der Waals surface area (Å²) in [5.41, 5.74) is 3.57. The molecule has 0 radical (unpaired) electrons. The lowest BCUT2D eigenvalue weighted by Crippen LogP contribution is -2.52. The molecule has 0 saturated carbocycles. The molecule has 1 unspecified atom stereocenters. The van der Waals surface area contributed by atoms with E-state index < -0.39 is 13.9 Å². The van der Waals surface area contributed by atoms with Gasteiger partial charge in [-0.3, -0.25) is 9.36 Å². The number of carbonyl (C=O) groups excluding carboxylic acids is 1. The van der Waals surface area contributed by atoms with E-state index in [9.17, 15) is 14.3 Å². The molecule has 0 amide bonds. The van der Waals surface area contributed by atoms with Gasteiger partial charge < -0.3 is 29.1 Å². The molecule has 8 nitrogen and oxygen atoms in total. The van der Waals surface area contributed by atoms with E-state index >= 15 is 0 Å². The van der Waals surface area contributed by atoms with Gasteiger partial charge in [-0.05, 0) is 25.3 Å². The van der Waals surface area contributed by atoms with Crippen LogP contribution >= 0.6 is 7.82 Å². The highest BCUT2D eigenvalue weighted by molar-refractivity contribution is 7.45. The molecule has 46 heavy (non-hydrogen) atoms. The first-order valence-corrected chi connectivity index (χ1v) is 20.8. The number of hydrogen-bond acceptors (Lipinski definition) is 7. The normalized spacial score (nSPS) is 13.7. The van der Waals surface area contributed by atoms with Crippen molar-refractivity contribution in [1.82, 2.24) is 0 Å².